The van der Waals surface area contributed by atoms with Gasteiger partial charge in [-0.3, -0.25) is 19.3 Å². The van der Waals surface area contributed by atoms with Crippen LogP contribution < -0.4 is 0 Å². The number of carboxylic acids is 1. The molecule has 2 saturated heterocycles. The van der Waals surface area contributed by atoms with Gasteiger partial charge >= 0.3 is 5.97 Å². The number of benzene rings is 1. The van der Waals surface area contributed by atoms with Crippen molar-refractivity contribution in [1.82, 2.24) is 4.90 Å². The monoisotopic (exact) mass is 615 g/mol. The van der Waals surface area contributed by atoms with Gasteiger partial charge in [0.05, 0.1) is 24.5 Å². The lowest BCUT2D eigenvalue weighted by atomic mass is 9.68. The third-order valence-corrected chi connectivity index (χ3v) is 9.06. The van der Waals surface area contributed by atoms with E-state index in [2.05, 4.69) is 35.9 Å². The molecule has 3 aliphatic rings. The van der Waals surface area contributed by atoms with Gasteiger partial charge in [-0.2, -0.15) is 0 Å². The topological polar surface area (TPSA) is 104 Å². The zero-order valence-corrected chi connectivity index (χ0v) is 25.2. The maximum Gasteiger partial charge on any atom is 0.303 e. The molecule has 0 spiro atoms. The number of aromatic hydroxyl groups is 1. The first kappa shape index (κ1) is 30.5. The number of likely N-dealkylation sites (tertiary alicyclic amines) is 1. The second-order valence-electron chi connectivity index (χ2n) is 11.4. The van der Waals surface area contributed by atoms with E-state index in [4.69, 9.17) is 9.84 Å². The zero-order valence-electron chi connectivity index (χ0n) is 23.7. The minimum Gasteiger partial charge on any atom is -0.507 e. The van der Waals surface area contributed by atoms with Crippen LogP contribution in [-0.2, 0) is 19.1 Å². The minimum atomic E-state index is -0.819. The highest BCUT2D eigenvalue weighted by Crippen LogP contribution is 2.50. The molecule has 2 amide bonds. The van der Waals surface area contributed by atoms with Gasteiger partial charge in [0, 0.05) is 28.9 Å². The Morgan fingerprint density at radius 3 is 2.60 bits per heavy atom. The summed E-state index contributed by atoms with van der Waals surface area (Å²) in [5.74, 6) is -1.41. The van der Waals surface area contributed by atoms with Crippen molar-refractivity contribution in [3.8, 4) is 5.75 Å². The Labute approximate surface area is 245 Å². The Hall–Kier alpha value is -2.45. The number of carbonyl (C=O) groups is 3. The lowest BCUT2D eigenvalue weighted by Crippen LogP contribution is -2.34. The maximum absolute atomic E-state index is 13.5. The molecule has 2 fully saturated rings. The molecule has 40 heavy (non-hydrogen) atoms. The highest BCUT2D eigenvalue weighted by Gasteiger charge is 2.56. The van der Waals surface area contributed by atoms with Crippen molar-refractivity contribution in [2.24, 2.45) is 17.8 Å². The summed E-state index contributed by atoms with van der Waals surface area (Å²) in [5, 5.41) is 19.2. The Kier molecular flexibility index (Phi) is 10.6. The fourth-order valence-corrected chi connectivity index (χ4v) is 7.17. The number of phenols is 1. The Morgan fingerprint density at radius 1 is 1.07 bits per heavy atom. The van der Waals surface area contributed by atoms with Crippen molar-refractivity contribution in [3.05, 3.63) is 45.0 Å². The lowest BCUT2D eigenvalue weighted by Gasteiger charge is -2.32. The van der Waals surface area contributed by atoms with Gasteiger partial charge in [0.2, 0.25) is 11.8 Å². The summed E-state index contributed by atoms with van der Waals surface area (Å²) < 4.78 is 7.30. The molecule has 1 aromatic rings. The highest BCUT2D eigenvalue weighted by molar-refractivity contribution is 9.10. The van der Waals surface area contributed by atoms with Crippen LogP contribution in [0.4, 0.5) is 0 Å². The van der Waals surface area contributed by atoms with Crippen LogP contribution in [0.2, 0.25) is 0 Å². The van der Waals surface area contributed by atoms with E-state index in [0.29, 0.717) is 38.8 Å². The number of ether oxygens (including phenoxy) is 1. The summed E-state index contributed by atoms with van der Waals surface area (Å²) in [6.45, 7) is 5.14. The van der Waals surface area contributed by atoms with E-state index in [1.54, 1.807) is 6.07 Å². The standard InChI is InChI=1S/C32H42BrNO6/c1-3-8-20(16-22-17-23(33)12-13-26(22)35)11-14-27-29-21(9-4-2)18-24-30(25(29)19-40-27)32(39)34(31(24)38)15-7-5-6-10-28(36)37/h12-13,16-17,24-25,27,30,35H,3-11,14-15,18-19H2,1-2H3,(H,36,37)/b20-16+/t24-,25+,27-,30-/m1/s1. The third kappa shape index (κ3) is 6.88. The van der Waals surface area contributed by atoms with E-state index >= 15 is 0 Å². The quantitative estimate of drug-likeness (QED) is 0.134. The van der Waals surface area contributed by atoms with Gasteiger partial charge < -0.3 is 14.9 Å². The molecule has 2 aliphatic heterocycles. The first-order valence-electron chi connectivity index (χ1n) is 14.8. The van der Waals surface area contributed by atoms with Crippen LogP contribution in [0, 0.1) is 17.8 Å². The number of fused-ring (bicyclic) bond motifs is 3. The van der Waals surface area contributed by atoms with Gasteiger partial charge in [0.25, 0.3) is 0 Å². The second-order valence-corrected chi connectivity index (χ2v) is 12.3. The molecule has 0 aromatic heterocycles. The van der Waals surface area contributed by atoms with Crippen molar-refractivity contribution in [3.63, 3.8) is 0 Å². The molecule has 7 nitrogen and oxygen atoms in total. The molecular formula is C32H42BrNO6. The third-order valence-electron chi connectivity index (χ3n) is 8.57. The molecule has 0 unspecified atom stereocenters. The molecule has 4 rings (SSSR count). The molecule has 4 atom stereocenters. The number of halogens is 1. The van der Waals surface area contributed by atoms with Gasteiger partial charge in [-0.1, -0.05) is 66.3 Å². The van der Waals surface area contributed by atoms with E-state index in [1.165, 1.54) is 21.6 Å². The smallest absolute Gasteiger partial charge is 0.303 e. The van der Waals surface area contributed by atoms with Gasteiger partial charge in [0.15, 0.2) is 0 Å². The molecular weight excluding hydrogens is 574 g/mol. The number of hydrogen-bond acceptors (Lipinski definition) is 5. The Balaban J connectivity index is 1.48. The molecule has 0 saturated carbocycles. The van der Waals surface area contributed by atoms with E-state index in [0.717, 1.165) is 48.6 Å². The SMILES string of the molecule is CCCC1=C2[C@@H](CC/C(=C/c3cc(Br)ccc3O)CCC)OC[C@@H]2[C@@H]2C(=O)N(CCCCCC(=O)O)C(=O)[C@@H]2C1. The molecule has 0 radical (unpaired) electrons. The van der Waals surface area contributed by atoms with E-state index in [9.17, 15) is 19.5 Å². The zero-order chi connectivity index (χ0) is 28.8. The van der Waals surface area contributed by atoms with Crippen LogP contribution in [0.3, 0.4) is 0 Å². The molecule has 0 bridgehead atoms. The van der Waals surface area contributed by atoms with Crippen LogP contribution in [0.5, 0.6) is 5.75 Å². The van der Waals surface area contributed by atoms with E-state index < -0.39 is 5.97 Å². The van der Waals surface area contributed by atoms with Crippen molar-refractivity contribution in [1.29, 1.82) is 0 Å². The predicted octanol–water partition coefficient (Wildman–Crippen LogP) is 6.88. The van der Waals surface area contributed by atoms with Crippen LogP contribution >= 0.6 is 15.9 Å². The summed E-state index contributed by atoms with van der Waals surface area (Å²) in [5.41, 5.74) is 4.61. The van der Waals surface area contributed by atoms with E-state index in [1.807, 2.05) is 12.1 Å². The van der Waals surface area contributed by atoms with Crippen molar-refractivity contribution in [2.45, 2.75) is 90.6 Å². The maximum atomic E-state index is 13.5. The van der Waals surface area contributed by atoms with Gasteiger partial charge in [0.1, 0.15) is 5.75 Å². The van der Waals surface area contributed by atoms with Crippen molar-refractivity contribution < 1.29 is 29.3 Å². The van der Waals surface area contributed by atoms with Gasteiger partial charge in [-0.25, -0.2) is 0 Å². The Bertz CT molecular complexity index is 1170. The minimum absolute atomic E-state index is 0.0495. The number of allylic oxidation sites excluding steroid dienone is 2. The fourth-order valence-electron chi connectivity index (χ4n) is 6.79. The number of phenolic OH excluding ortho intramolecular Hbond substituents is 1. The average molecular weight is 617 g/mol. The van der Waals surface area contributed by atoms with E-state index in [-0.39, 0.29) is 47.8 Å². The Morgan fingerprint density at radius 2 is 1.88 bits per heavy atom. The summed E-state index contributed by atoms with van der Waals surface area (Å²) in [7, 11) is 0. The summed E-state index contributed by atoms with van der Waals surface area (Å²) in [4.78, 5) is 39.1. The number of carboxylic acid groups (broad SMARTS) is 1. The number of nitrogens with zero attached hydrogens (tertiary/aromatic N) is 1. The number of rotatable bonds is 14. The number of carbonyl (C=O) groups excluding carboxylic acids is 2. The molecule has 1 aliphatic carbocycles. The molecule has 2 N–H and O–H groups in total. The molecule has 218 valence electrons. The summed E-state index contributed by atoms with van der Waals surface area (Å²) in [6, 6.07) is 5.45. The number of aliphatic carboxylic acids is 1. The van der Waals surface area contributed by atoms with Crippen LogP contribution in [0.1, 0.15) is 90.0 Å². The van der Waals surface area contributed by atoms with Crippen LogP contribution in [-0.4, -0.2) is 52.2 Å². The average Bonchev–Trinajstić information content (AvgIpc) is 3.44. The van der Waals surface area contributed by atoms with Crippen molar-refractivity contribution >= 4 is 39.8 Å². The first-order valence-corrected chi connectivity index (χ1v) is 15.6. The van der Waals surface area contributed by atoms with Crippen LogP contribution in [0.15, 0.2) is 39.4 Å². The number of unbranched alkanes of at least 4 members (excludes halogenated alkanes) is 2. The fraction of sp³-hybridized carbons (Fsp3) is 0.594. The lowest BCUT2D eigenvalue weighted by molar-refractivity contribution is -0.141. The first-order chi connectivity index (χ1) is 19.2. The summed E-state index contributed by atoms with van der Waals surface area (Å²) >= 11 is 3.50. The number of amides is 2. The molecule has 2 heterocycles. The van der Waals surface area contributed by atoms with Gasteiger partial charge in [-0.15, -0.1) is 0 Å². The normalized spacial score (nSPS) is 24.6. The number of imide groups is 1. The van der Waals surface area contributed by atoms with Crippen molar-refractivity contribution in [2.75, 3.05) is 13.2 Å². The largest absolute Gasteiger partial charge is 0.507 e. The highest BCUT2D eigenvalue weighted by atomic mass is 79.9. The van der Waals surface area contributed by atoms with Crippen LogP contribution in [0.25, 0.3) is 6.08 Å². The predicted molar refractivity (Wildman–Crippen MR) is 158 cm³/mol. The summed E-state index contributed by atoms with van der Waals surface area (Å²) in [6.07, 6.45) is 10.1. The number of hydrogen-bond donors (Lipinski definition) is 2. The molecule has 8 heteroatoms. The van der Waals surface area contributed by atoms with Gasteiger partial charge in [-0.05, 0) is 68.7 Å². The molecule has 1 aromatic carbocycles. The second kappa shape index (κ2) is 13.9.